The molecule has 76 valence electrons. The molecule has 0 amide bonds. The molecule has 8 heteroatoms. The fourth-order valence-electron chi connectivity index (χ4n) is 0.562. The Balaban J connectivity index is 3.69. The second kappa shape index (κ2) is 6.67. The summed E-state index contributed by atoms with van der Waals surface area (Å²) in [5.41, 5.74) is 7.90. The molecular weight excluding hydrogens is 194 g/mol. The Hall–Kier alpha value is -0.820. The minimum atomic E-state index is -3.41. The van der Waals surface area contributed by atoms with E-state index in [9.17, 15) is 8.42 Å². The van der Waals surface area contributed by atoms with E-state index in [-0.39, 0.29) is 13.1 Å². The minimum Gasteiger partial charge on any atom is -0.202 e. The van der Waals surface area contributed by atoms with Crippen LogP contribution in [0.4, 0.5) is 0 Å². The lowest BCUT2D eigenvalue weighted by Gasteiger charge is -2.04. The summed E-state index contributed by atoms with van der Waals surface area (Å²) >= 11 is 0. The number of nitrogens with one attached hydrogen (secondary N) is 2. The largest absolute Gasteiger partial charge is 0.276 e. The number of hydrogen-bond acceptors (Lipinski definition) is 3. The molecule has 0 radical (unpaired) electrons. The highest BCUT2D eigenvalue weighted by Crippen LogP contribution is 1.79. The van der Waals surface area contributed by atoms with Crippen LogP contribution in [0.3, 0.4) is 0 Å². The maximum Gasteiger partial charge on any atom is 0.276 e. The molecule has 0 saturated heterocycles. The second-order valence-electron chi connectivity index (χ2n) is 2.25. The smallest absolute Gasteiger partial charge is 0.202 e. The average molecular weight is 207 g/mol. The van der Waals surface area contributed by atoms with Gasteiger partial charge in [0.05, 0.1) is 0 Å². The van der Waals surface area contributed by atoms with Crippen LogP contribution in [-0.4, -0.2) is 28.1 Å². The van der Waals surface area contributed by atoms with E-state index in [1.54, 1.807) is 0 Å². The summed E-state index contributed by atoms with van der Waals surface area (Å²) in [4.78, 5) is 2.49. The van der Waals surface area contributed by atoms with Crippen molar-refractivity contribution in [3.05, 3.63) is 10.4 Å². The Morgan fingerprint density at radius 1 is 1.38 bits per heavy atom. The van der Waals surface area contributed by atoms with Crippen LogP contribution in [0.2, 0.25) is 0 Å². The zero-order chi connectivity index (χ0) is 10.2. The first-order valence-electron chi connectivity index (χ1n) is 3.87. The average Bonchev–Trinajstić information content (AvgIpc) is 2.09. The van der Waals surface area contributed by atoms with Crippen LogP contribution in [0.25, 0.3) is 10.4 Å². The maximum atomic E-state index is 11.0. The van der Waals surface area contributed by atoms with E-state index in [1.807, 2.05) is 6.92 Å². The van der Waals surface area contributed by atoms with Gasteiger partial charge in [0.1, 0.15) is 0 Å². The molecule has 13 heavy (non-hydrogen) atoms. The number of azide groups is 1. The molecule has 0 fully saturated rings. The lowest BCUT2D eigenvalue weighted by atomic mass is 10.5. The molecule has 0 aliphatic rings. The third-order valence-corrected chi connectivity index (χ3v) is 2.28. The molecule has 0 aromatic heterocycles. The van der Waals surface area contributed by atoms with E-state index in [0.717, 1.165) is 6.42 Å². The molecule has 0 spiro atoms. The van der Waals surface area contributed by atoms with Crippen LogP contribution in [-0.2, 0) is 10.2 Å². The van der Waals surface area contributed by atoms with E-state index in [2.05, 4.69) is 19.5 Å². The van der Waals surface area contributed by atoms with Gasteiger partial charge < -0.3 is 0 Å². The summed E-state index contributed by atoms with van der Waals surface area (Å²) in [6.45, 7) is 2.49. The lowest BCUT2D eigenvalue weighted by molar-refractivity contribution is 0.566. The van der Waals surface area contributed by atoms with Gasteiger partial charge >= 0.3 is 0 Å². The van der Waals surface area contributed by atoms with Crippen molar-refractivity contribution in [2.45, 2.75) is 13.3 Å². The Morgan fingerprint density at radius 3 is 2.54 bits per heavy atom. The van der Waals surface area contributed by atoms with E-state index >= 15 is 0 Å². The van der Waals surface area contributed by atoms with Gasteiger partial charge in [-0.25, -0.2) is 9.44 Å². The van der Waals surface area contributed by atoms with Gasteiger partial charge in [0.2, 0.25) is 0 Å². The summed E-state index contributed by atoms with van der Waals surface area (Å²) in [5, 5.41) is 3.18. The molecule has 0 unspecified atom stereocenters. The third kappa shape index (κ3) is 7.54. The van der Waals surface area contributed by atoms with E-state index in [1.165, 1.54) is 0 Å². The first kappa shape index (κ1) is 12.2. The van der Waals surface area contributed by atoms with Crippen LogP contribution in [0.5, 0.6) is 0 Å². The SMILES string of the molecule is CCCNS(=O)(=O)NCCN=[N+]=[N-]. The highest BCUT2D eigenvalue weighted by atomic mass is 32.2. The predicted molar refractivity (Wildman–Crippen MR) is 49.2 cm³/mol. The zero-order valence-electron chi connectivity index (χ0n) is 7.39. The molecule has 0 atom stereocenters. The molecule has 0 aromatic carbocycles. The quantitative estimate of drug-likeness (QED) is 0.268. The van der Waals surface area contributed by atoms with Gasteiger partial charge in [-0.05, 0) is 12.0 Å². The van der Waals surface area contributed by atoms with Crippen molar-refractivity contribution in [3.8, 4) is 0 Å². The van der Waals surface area contributed by atoms with Crippen molar-refractivity contribution in [2.75, 3.05) is 19.6 Å². The zero-order valence-corrected chi connectivity index (χ0v) is 8.21. The summed E-state index contributed by atoms with van der Waals surface area (Å²) in [7, 11) is -3.41. The minimum absolute atomic E-state index is 0.114. The Bertz CT molecular complexity index is 269. The first-order valence-corrected chi connectivity index (χ1v) is 5.36. The number of rotatable bonds is 7. The molecule has 0 aliphatic carbocycles. The van der Waals surface area contributed by atoms with Gasteiger partial charge in [0, 0.05) is 24.5 Å². The topological polar surface area (TPSA) is 107 Å². The molecular formula is C5H13N5O2S. The molecule has 0 aromatic rings. The van der Waals surface area contributed by atoms with Crippen LogP contribution < -0.4 is 9.44 Å². The molecule has 0 aliphatic heterocycles. The number of nitrogens with zero attached hydrogens (tertiary/aromatic N) is 3. The summed E-state index contributed by atoms with van der Waals surface area (Å²) in [6.07, 6.45) is 0.733. The van der Waals surface area contributed by atoms with Crippen molar-refractivity contribution < 1.29 is 8.42 Å². The standard InChI is InChI=1S/C5H13N5O2S/c1-2-3-8-13(11,12)9-5-4-7-10-6/h8-9H,2-5H2,1H3. The second-order valence-corrected chi connectivity index (χ2v) is 3.83. The molecule has 0 saturated carbocycles. The van der Waals surface area contributed by atoms with Gasteiger partial charge in [-0.2, -0.15) is 8.42 Å². The predicted octanol–water partition coefficient (Wildman–Crippen LogP) is 0.131. The normalized spacial score (nSPS) is 10.8. The molecule has 0 bridgehead atoms. The van der Waals surface area contributed by atoms with Crippen molar-refractivity contribution in [2.24, 2.45) is 5.11 Å². The summed E-state index contributed by atoms with van der Waals surface area (Å²) < 4.78 is 26.5. The van der Waals surface area contributed by atoms with Crippen LogP contribution >= 0.6 is 0 Å². The maximum absolute atomic E-state index is 11.0. The lowest BCUT2D eigenvalue weighted by Crippen LogP contribution is -2.38. The van der Waals surface area contributed by atoms with Crippen molar-refractivity contribution in [1.82, 2.24) is 9.44 Å². The summed E-state index contributed by atoms with van der Waals surface area (Å²) in [5.74, 6) is 0. The molecule has 0 rings (SSSR count). The van der Waals surface area contributed by atoms with E-state index < -0.39 is 10.2 Å². The van der Waals surface area contributed by atoms with Crippen LogP contribution in [0.1, 0.15) is 13.3 Å². The fourth-order valence-corrected chi connectivity index (χ4v) is 1.50. The molecule has 2 N–H and O–H groups in total. The summed E-state index contributed by atoms with van der Waals surface area (Å²) in [6, 6.07) is 0. The monoisotopic (exact) mass is 207 g/mol. The van der Waals surface area contributed by atoms with Gasteiger partial charge in [-0.3, -0.25) is 0 Å². The first-order chi connectivity index (χ1) is 6.12. The molecule has 0 heterocycles. The third-order valence-electron chi connectivity index (χ3n) is 1.11. The van der Waals surface area contributed by atoms with Gasteiger partial charge in [-0.15, -0.1) is 0 Å². The van der Waals surface area contributed by atoms with Gasteiger partial charge in [0.15, 0.2) is 0 Å². The van der Waals surface area contributed by atoms with E-state index in [4.69, 9.17) is 5.53 Å². The van der Waals surface area contributed by atoms with Gasteiger partial charge in [-0.1, -0.05) is 12.0 Å². The highest BCUT2D eigenvalue weighted by molar-refractivity contribution is 7.87. The Labute approximate surface area is 77.3 Å². The number of hydrogen-bond donors (Lipinski definition) is 2. The van der Waals surface area contributed by atoms with Crippen LogP contribution in [0.15, 0.2) is 5.11 Å². The Kier molecular flexibility index (Phi) is 6.25. The fraction of sp³-hybridized carbons (Fsp3) is 1.00. The van der Waals surface area contributed by atoms with Crippen molar-refractivity contribution in [3.63, 3.8) is 0 Å². The highest BCUT2D eigenvalue weighted by Gasteiger charge is 2.05. The van der Waals surface area contributed by atoms with Gasteiger partial charge in [0.25, 0.3) is 10.2 Å². The van der Waals surface area contributed by atoms with E-state index in [0.29, 0.717) is 6.54 Å². The Morgan fingerprint density at radius 2 is 2.00 bits per heavy atom. The van der Waals surface area contributed by atoms with Crippen molar-refractivity contribution >= 4 is 10.2 Å². The molecule has 7 nitrogen and oxygen atoms in total. The van der Waals surface area contributed by atoms with Crippen molar-refractivity contribution in [1.29, 1.82) is 0 Å². The van der Waals surface area contributed by atoms with Crippen LogP contribution in [0, 0.1) is 0 Å².